The van der Waals surface area contributed by atoms with Gasteiger partial charge >= 0.3 is 0 Å². The second-order valence-corrected chi connectivity index (χ2v) is 11.6. The Kier molecular flexibility index (Phi) is 6.86. The minimum Gasteiger partial charge on any atom is -0.331 e. The predicted octanol–water partition coefficient (Wildman–Crippen LogP) is 4.66. The third-order valence-electron chi connectivity index (χ3n) is 6.05. The molecule has 2 aromatic carbocycles. The average molecular weight is 478 g/mol. The Balaban J connectivity index is 1.40. The van der Waals surface area contributed by atoms with Crippen molar-refractivity contribution in [2.75, 3.05) is 0 Å². The Morgan fingerprint density at radius 1 is 0.941 bits per heavy atom. The number of aromatic nitrogens is 1. The standard InChI is InChI=1S/C27H31N3O3S/c1-27(2,3)23-8-12-25(13-9-23)34(32,33)29-18-20-4-6-22(7-5-20)26(31)30(24-10-11-24)19-21-14-16-28-17-15-21/h4-9,12-17,24,29H,10-11,18-19H2,1-3H3. The second kappa shape index (κ2) is 9.68. The molecule has 0 aliphatic heterocycles. The molecule has 0 saturated heterocycles. The highest BCUT2D eigenvalue weighted by atomic mass is 32.2. The van der Waals surface area contributed by atoms with Gasteiger partial charge in [0.25, 0.3) is 5.91 Å². The van der Waals surface area contributed by atoms with E-state index in [-0.39, 0.29) is 28.8 Å². The van der Waals surface area contributed by atoms with Crippen LogP contribution < -0.4 is 4.72 Å². The van der Waals surface area contributed by atoms with Crippen molar-refractivity contribution < 1.29 is 13.2 Å². The number of amides is 1. The van der Waals surface area contributed by atoms with E-state index in [9.17, 15) is 13.2 Å². The van der Waals surface area contributed by atoms with Crippen LogP contribution >= 0.6 is 0 Å². The zero-order chi connectivity index (χ0) is 24.3. The molecule has 1 aliphatic carbocycles. The number of carbonyl (C=O) groups excluding carboxylic acids is 1. The summed E-state index contributed by atoms with van der Waals surface area (Å²) >= 11 is 0. The van der Waals surface area contributed by atoms with E-state index in [4.69, 9.17) is 0 Å². The third-order valence-corrected chi connectivity index (χ3v) is 7.47. The van der Waals surface area contributed by atoms with Gasteiger partial charge in [0.2, 0.25) is 10.0 Å². The van der Waals surface area contributed by atoms with Crippen LogP contribution in [0.25, 0.3) is 0 Å². The first-order valence-electron chi connectivity index (χ1n) is 11.5. The fourth-order valence-corrected chi connectivity index (χ4v) is 4.78. The van der Waals surface area contributed by atoms with Crippen molar-refractivity contribution in [1.82, 2.24) is 14.6 Å². The Hall–Kier alpha value is -3.03. The van der Waals surface area contributed by atoms with Gasteiger partial charge in [0.1, 0.15) is 0 Å². The number of pyridine rings is 1. The monoisotopic (exact) mass is 477 g/mol. The van der Waals surface area contributed by atoms with Crippen LogP contribution in [0.3, 0.4) is 0 Å². The lowest BCUT2D eigenvalue weighted by Crippen LogP contribution is -2.32. The number of hydrogen-bond donors (Lipinski definition) is 1. The number of rotatable bonds is 8. The van der Waals surface area contributed by atoms with Crippen LogP contribution in [0.2, 0.25) is 0 Å². The summed E-state index contributed by atoms with van der Waals surface area (Å²) < 4.78 is 28.1. The molecule has 0 atom stereocenters. The van der Waals surface area contributed by atoms with Crippen LogP contribution in [-0.4, -0.2) is 30.3 Å². The molecule has 0 bridgehead atoms. The van der Waals surface area contributed by atoms with Gasteiger partial charge in [-0.2, -0.15) is 0 Å². The van der Waals surface area contributed by atoms with Crippen LogP contribution in [0.4, 0.5) is 0 Å². The maximum atomic E-state index is 13.1. The van der Waals surface area contributed by atoms with Gasteiger partial charge in [-0.05, 0) is 71.3 Å². The second-order valence-electron chi connectivity index (χ2n) is 9.82. The van der Waals surface area contributed by atoms with E-state index in [1.54, 1.807) is 48.8 Å². The van der Waals surface area contributed by atoms with Crippen molar-refractivity contribution in [2.24, 2.45) is 0 Å². The van der Waals surface area contributed by atoms with Crippen LogP contribution in [-0.2, 0) is 28.5 Å². The molecule has 1 aromatic heterocycles. The Bertz CT molecular complexity index is 1230. The first-order chi connectivity index (χ1) is 16.1. The van der Waals surface area contributed by atoms with Gasteiger partial charge in [0.05, 0.1) is 4.90 Å². The lowest BCUT2D eigenvalue weighted by atomic mass is 9.87. The largest absolute Gasteiger partial charge is 0.331 e. The van der Waals surface area contributed by atoms with Crippen molar-refractivity contribution in [3.05, 3.63) is 95.3 Å². The van der Waals surface area contributed by atoms with E-state index in [1.807, 2.05) is 29.2 Å². The third kappa shape index (κ3) is 5.90. The van der Waals surface area contributed by atoms with Crippen LogP contribution in [0.1, 0.15) is 60.7 Å². The lowest BCUT2D eigenvalue weighted by Gasteiger charge is -2.22. The summed E-state index contributed by atoms with van der Waals surface area (Å²) in [6.45, 7) is 6.98. The first-order valence-corrected chi connectivity index (χ1v) is 13.0. The number of benzene rings is 2. The minimum absolute atomic E-state index is 0.00891. The SMILES string of the molecule is CC(C)(C)c1ccc(S(=O)(=O)NCc2ccc(C(=O)N(Cc3ccncc3)C3CC3)cc2)cc1. The van der Waals surface area contributed by atoms with Crippen molar-refractivity contribution in [2.45, 2.75) is 63.1 Å². The molecule has 0 unspecified atom stereocenters. The molecule has 4 rings (SSSR count). The van der Waals surface area contributed by atoms with E-state index < -0.39 is 10.0 Å². The van der Waals surface area contributed by atoms with Crippen molar-refractivity contribution >= 4 is 15.9 Å². The van der Waals surface area contributed by atoms with Crippen molar-refractivity contribution in [1.29, 1.82) is 0 Å². The predicted molar refractivity (Wildman–Crippen MR) is 133 cm³/mol. The molecule has 0 radical (unpaired) electrons. The molecular weight excluding hydrogens is 446 g/mol. The molecule has 34 heavy (non-hydrogen) atoms. The Morgan fingerprint density at radius 2 is 1.56 bits per heavy atom. The van der Waals surface area contributed by atoms with Crippen LogP contribution in [0.15, 0.2) is 78.0 Å². The van der Waals surface area contributed by atoms with Gasteiger partial charge in [-0.15, -0.1) is 0 Å². The van der Waals surface area contributed by atoms with Gasteiger partial charge in [0.15, 0.2) is 0 Å². The van der Waals surface area contributed by atoms with E-state index in [2.05, 4.69) is 30.5 Å². The van der Waals surface area contributed by atoms with E-state index in [0.29, 0.717) is 12.1 Å². The van der Waals surface area contributed by atoms with E-state index >= 15 is 0 Å². The highest BCUT2D eigenvalue weighted by Crippen LogP contribution is 2.30. The maximum Gasteiger partial charge on any atom is 0.254 e. The number of sulfonamides is 1. The zero-order valence-corrected chi connectivity index (χ0v) is 20.7. The molecule has 1 N–H and O–H groups in total. The highest BCUT2D eigenvalue weighted by molar-refractivity contribution is 7.89. The summed E-state index contributed by atoms with van der Waals surface area (Å²) in [6, 6.07) is 18.3. The number of carbonyl (C=O) groups is 1. The number of hydrogen-bond acceptors (Lipinski definition) is 4. The lowest BCUT2D eigenvalue weighted by molar-refractivity contribution is 0.0730. The topological polar surface area (TPSA) is 79.4 Å². The molecule has 1 heterocycles. The van der Waals surface area contributed by atoms with Crippen LogP contribution in [0.5, 0.6) is 0 Å². The summed E-state index contributed by atoms with van der Waals surface area (Å²) in [6.07, 6.45) is 5.51. The van der Waals surface area contributed by atoms with Gasteiger partial charge < -0.3 is 4.90 Å². The summed E-state index contributed by atoms with van der Waals surface area (Å²) in [5.41, 5.74) is 3.49. The van der Waals surface area contributed by atoms with Gasteiger partial charge in [-0.1, -0.05) is 45.0 Å². The van der Waals surface area contributed by atoms with Crippen molar-refractivity contribution in [3.63, 3.8) is 0 Å². The maximum absolute atomic E-state index is 13.1. The molecule has 178 valence electrons. The molecule has 1 amide bonds. The molecule has 1 saturated carbocycles. The summed E-state index contributed by atoms with van der Waals surface area (Å²) in [4.78, 5) is 19.3. The fraction of sp³-hybridized carbons (Fsp3) is 0.333. The van der Waals surface area contributed by atoms with Gasteiger partial charge in [-0.25, -0.2) is 13.1 Å². The van der Waals surface area contributed by atoms with E-state index in [1.165, 1.54) is 0 Å². The molecule has 1 fully saturated rings. The Labute approximate surface area is 202 Å². The summed E-state index contributed by atoms with van der Waals surface area (Å²) in [5.74, 6) is -0.00891. The number of nitrogens with one attached hydrogen (secondary N) is 1. The summed E-state index contributed by atoms with van der Waals surface area (Å²) in [7, 11) is -3.63. The van der Waals surface area contributed by atoms with E-state index in [0.717, 1.165) is 29.5 Å². The van der Waals surface area contributed by atoms with Crippen LogP contribution in [0, 0.1) is 0 Å². The quantitative estimate of drug-likeness (QED) is 0.512. The molecule has 6 nitrogen and oxygen atoms in total. The smallest absolute Gasteiger partial charge is 0.254 e. The highest BCUT2D eigenvalue weighted by Gasteiger charge is 2.33. The molecule has 3 aromatic rings. The average Bonchev–Trinajstić information content (AvgIpc) is 3.67. The number of nitrogens with zero attached hydrogens (tertiary/aromatic N) is 2. The van der Waals surface area contributed by atoms with Gasteiger partial charge in [-0.3, -0.25) is 9.78 Å². The molecule has 1 aliphatic rings. The Morgan fingerprint density at radius 3 is 2.12 bits per heavy atom. The molecule has 7 heteroatoms. The van der Waals surface area contributed by atoms with Crippen molar-refractivity contribution in [3.8, 4) is 0 Å². The zero-order valence-electron chi connectivity index (χ0n) is 19.9. The van der Waals surface area contributed by atoms with Gasteiger partial charge in [0, 0.05) is 37.1 Å². The normalized spacial score (nSPS) is 14.1. The summed E-state index contributed by atoms with van der Waals surface area (Å²) in [5, 5.41) is 0. The minimum atomic E-state index is -3.63. The molecular formula is C27H31N3O3S. The fourth-order valence-electron chi connectivity index (χ4n) is 3.76. The molecule has 0 spiro atoms. The first kappa shape index (κ1) is 24.1.